The lowest BCUT2D eigenvalue weighted by Crippen LogP contribution is -2.02. The molecule has 4 nitrogen and oxygen atoms in total. The molecule has 5 heteroatoms. The quantitative estimate of drug-likeness (QED) is 0.945. The largest absolute Gasteiger partial charge is 0.478 e. The van der Waals surface area contributed by atoms with E-state index in [0.717, 1.165) is 12.0 Å². The summed E-state index contributed by atoms with van der Waals surface area (Å²) in [5.74, 6) is -0.471. The molecular formula is C16H15NO3S. The first kappa shape index (κ1) is 13.8. The van der Waals surface area contributed by atoms with Gasteiger partial charge in [-0.2, -0.15) is 0 Å². The molecule has 2 aromatic carbocycles. The van der Waals surface area contributed by atoms with Crippen molar-refractivity contribution in [3.63, 3.8) is 0 Å². The molecule has 0 fully saturated rings. The van der Waals surface area contributed by atoms with E-state index in [2.05, 4.69) is 4.36 Å². The van der Waals surface area contributed by atoms with Gasteiger partial charge < -0.3 is 5.11 Å². The van der Waals surface area contributed by atoms with E-state index in [1.54, 1.807) is 12.1 Å². The van der Waals surface area contributed by atoms with Gasteiger partial charge >= 0.3 is 5.97 Å². The first-order chi connectivity index (χ1) is 10.1. The van der Waals surface area contributed by atoms with Crippen LogP contribution >= 0.6 is 0 Å². The van der Waals surface area contributed by atoms with Gasteiger partial charge in [0.25, 0.3) is 0 Å². The van der Waals surface area contributed by atoms with Gasteiger partial charge in [0.15, 0.2) is 0 Å². The molecule has 0 bridgehead atoms. The van der Waals surface area contributed by atoms with Crippen LogP contribution in [0.5, 0.6) is 0 Å². The summed E-state index contributed by atoms with van der Waals surface area (Å²) in [7, 11) is -2.44. The molecule has 0 saturated heterocycles. The van der Waals surface area contributed by atoms with Gasteiger partial charge in [-0.05, 0) is 36.2 Å². The van der Waals surface area contributed by atoms with Crippen LogP contribution in [0.4, 0.5) is 0 Å². The van der Waals surface area contributed by atoms with Crippen molar-refractivity contribution in [3.05, 3.63) is 65.7 Å². The molecule has 1 heterocycles. The molecule has 21 heavy (non-hydrogen) atoms. The Morgan fingerprint density at radius 1 is 1.10 bits per heavy atom. The van der Waals surface area contributed by atoms with Crippen molar-refractivity contribution in [1.29, 1.82) is 0 Å². The van der Waals surface area contributed by atoms with Crippen LogP contribution in [0.1, 0.15) is 28.4 Å². The van der Waals surface area contributed by atoms with E-state index in [1.807, 2.05) is 30.3 Å². The smallest absolute Gasteiger partial charge is 0.335 e. The van der Waals surface area contributed by atoms with Crippen LogP contribution in [0, 0.1) is 0 Å². The topological polar surface area (TPSA) is 66.7 Å². The Balaban J connectivity index is 1.94. The van der Waals surface area contributed by atoms with E-state index in [4.69, 9.17) is 5.11 Å². The Morgan fingerprint density at radius 2 is 1.76 bits per heavy atom. The Labute approximate surface area is 123 Å². The SMILES string of the molecule is O=C(O)c1ccc([S@@]2(=O)=N[C@@H](c3ccccc3)CC2)cc1. The zero-order chi connectivity index (χ0) is 14.9. The lowest BCUT2D eigenvalue weighted by molar-refractivity contribution is 0.0697. The van der Waals surface area contributed by atoms with Crippen LogP contribution in [0.15, 0.2) is 63.9 Å². The number of carboxylic acid groups (broad SMARTS) is 1. The zero-order valence-corrected chi connectivity index (χ0v) is 12.1. The van der Waals surface area contributed by atoms with Crippen LogP contribution in [-0.4, -0.2) is 21.0 Å². The second-order valence-corrected chi connectivity index (χ2v) is 7.37. The predicted molar refractivity (Wildman–Crippen MR) is 80.9 cm³/mol. The second kappa shape index (κ2) is 5.33. The first-order valence-electron chi connectivity index (χ1n) is 6.71. The summed E-state index contributed by atoms with van der Waals surface area (Å²) < 4.78 is 17.5. The highest BCUT2D eigenvalue weighted by atomic mass is 32.2. The molecule has 3 rings (SSSR count). The van der Waals surface area contributed by atoms with E-state index in [-0.39, 0.29) is 11.6 Å². The minimum atomic E-state index is -2.44. The Morgan fingerprint density at radius 3 is 2.38 bits per heavy atom. The van der Waals surface area contributed by atoms with E-state index in [1.165, 1.54) is 12.1 Å². The summed E-state index contributed by atoms with van der Waals surface area (Å²) in [6.07, 6.45) is 0.754. The summed E-state index contributed by atoms with van der Waals surface area (Å²) in [6, 6.07) is 16.0. The van der Waals surface area contributed by atoms with Crippen molar-refractivity contribution in [3.8, 4) is 0 Å². The first-order valence-corrected chi connectivity index (χ1v) is 8.39. The molecule has 0 unspecified atom stereocenters. The minimum Gasteiger partial charge on any atom is -0.478 e. The molecular weight excluding hydrogens is 286 g/mol. The van der Waals surface area contributed by atoms with Crippen molar-refractivity contribution in [2.75, 3.05) is 5.75 Å². The number of carbonyl (C=O) groups is 1. The van der Waals surface area contributed by atoms with Gasteiger partial charge in [-0.3, -0.25) is 0 Å². The van der Waals surface area contributed by atoms with E-state index < -0.39 is 15.7 Å². The van der Waals surface area contributed by atoms with Crippen LogP contribution in [0.2, 0.25) is 0 Å². The third-order valence-electron chi connectivity index (χ3n) is 3.62. The van der Waals surface area contributed by atoms with Gasteiger partial charge in [-0.15, -0.1) is 0 Å². The molecule has 0 spiro atoms. The average Bonchev–Trinajstić information content (AvgIpc) is 2.92. The normalized spacial score (nSPS) is 24.5. The standard InChI is InChI=1S/C16H15NO3S/c18-16(19)13-6-8-14(9-7-13)21(20)11-10-15(17-21)12-4-2-1-3-5-12/h1-9,15H,10-11H2,(H,18,19)/t15-,21-/m1/s1. The number of benzene rings is 2. The fourth-order valence-corrected chi connectivity index (χ4v) is 4.68. The van der Waals surface area contributed by atoms with Crippen molar-refractivity contribution in [1.82, 2.24) is 0 Å². The highest BCUT2D eigenvalue weighted by Crippen LogP contribution is 2.33. The number of hydrogen-bond donors (Lipinski definition) is 1. The lowest BCUT2D eigenvalue weighted by Gasteiger charge is -2.05. The third kappa shape index (κ3) is 2.69. The third-order valence-corrected chi connectivity index (χ3v) is 6.01. The van der Waals surface area contributed by atoms with Crippen molar-refractivity contribution >= 4 is 15.7 Å². The summed E-state index contributed by atoms with van der Waals surface area (Å²) >= 11 is 0. The van der Waals surface area contributed by atoms with Gasteiger partial charge in [0.2, 0.25) is 0 Å². The maximum absolute atomic E-state index is 12.9. The molecule has 0 radical (unpaired) electrons. The maximum atomic E-state index is 12.9. The van der Waals surface area contributed by atoms with Crippen LogP contribution in [-0.2, 0) is 9.73 Å². The van der Waals surface area contributed by atoms with Crippen LogP contribution < -0.4 is 0 Å². The summed E-state index contributed by atoms with van der Waals surface area (Å²) in [4.78, 5) is 11.5. The number of rotatable bonds is 3. The number of carboxylic acids is 1. The van der Waals surface area contributed by atoms with E-state index in [0.29, 0.717) is 10.6 Å². The Hall–Kier alpha value is -2.14. The Kier molecular flexibility index (Phi) is 3.51. The minimum absolute atomic E-state index is 0.0437. The Bertz CT molecular complexity index is 775. The van der Waals surface area contributed by atoms with E-state index in [9.17, 15) is 9.00 Å². The summed E-state index contributed by atoms with van der Waals surface area (Å²) in [5.41, 5.74) is 1.27. The number of nitrogens with zero attached hydrogens (tertiary/aromatic N) is 1. The summed E-state index contributed by atoms with van der Waals surface area (Å²) in [6.45, 7) is 0. The van der Waals surface area contributed by atoms with Crippen LogP contribution in [0.3, 0.4) is 0 Å². The molecule has 108 valence electrons. The maximum Gasteiger partial charge on any atom is 0.335 e. The van der Waals surface area contributed by atoms with Gasteiger partial charge in [0.1, 0.15) is 0 Å². The molecule has 2 aromatic rings. The van der Waals surface area contributed by atoms with Gasteiger partial charge in [0, 0.05) is 10.6 Å². The predicted octanol–water partition coefficient (Wildman–Crippen LogP) is 3.36. The van der Waals surface area contributed by atoms with Crippen molar-refractivity contribution < 1.29 is 14.1 Å². The average molecular weight is 301 g/mol. The summed E-state index contributed by atoms with van der Waals surface area (Å²) in [5, 5.41) is 8.90. The molecule has 0 amide bonds. The lowest BCUT2D eigenvalue weighted by atomic mass is 10.1. The van der Waals surface area contributed by atoms with Crippen molar-refractivity contribution in [2.45, 2.75) is 17.4 Å². The van der Waals surface area contributed by atoms with Gasteiger partial charge in [-0.25, -0.2) is 13.4 Å². The molecule has 1 aliphatic rings. The zero-order valence-electron chi connectivity index (χ0n) is 11.3. The molecule has 2 atom stereocenters. The molecule has 1 N–H and O–H groups in total. The highest BCUT2D eigenvalue weighted by molar-refractivity contribution is 7.93. The molecule has 0 saturated carbocycles. The van der Waals surface area contributed by atoms with E-state index >= 15 is 0 Å². The highest BCUT2D eigenvalue weighted by Gasteiger charge is 2.25. The number of hydrogen-bond acceptors (Lipinski definition) is 3. The monoisotopic (exact) mass is 301 g/mol. The van der Waals surface area contributed by atoms with Crippen LogP contribution in [0.25, 0.3) is 0 Å². The fourth-order valence-electron chi connectivity index (χ4n) is 2.47. The molecule has 0 aliphatic carbocycles. The van der Waals surface area contributed by atoms with Crippen molar-refractivity contribution in [2.24, 2.45) is 4.36 Å². The molecule has 0 aromatic heterocycles. The second-order valence-electron chi connectivity index (χ2n) is 4.99. The van der Waals surface area contributed by atoms with Gasteiger partial charge in [0.05, 0.1) is 21.3 Å². The molecule has 1 aliphatic heterocycles. The fraction of sp³-hybridized carbons (Fsp3) is 0.188. The van der Waals surface area contributed by atoms with Gasteiger partial charge in [-0.1, -0.05) is 30.3 Å². The number of aromatic carboxylic acids is 1.